The summed E-state index contributed by atoms with van der Waals surface area (Å²) in [7, 11) is 0. The number of rotatable bonds is 0. The van der Waals surface area contributed by atoms with E-state index in [-0.39, 0.29) is 0 Å². The lowest BCUT2D eigenvalue weighted by Crippen LogP contribution is -2.01. The van der Waals surface area contributed by atoms with Gasteiger partial charge in [-0.2, -0.15) is 0 Å². The van der Waals surface area contributed by atoms with Gasteiger partial charge in [0, 0.05) is 5.92 Å². The summed E-state index contributed by atoms with van der Waals surface area (Å²) in [5.74, 6) is 1.01. The SMILES string of the molecule is C[C@@H]1CCCCC/C=C\1O. The van der Waals surface area contributed by atoms with Crippen molar-refractivity contribution < 1.29 is 5.11 Å². The second-order valence-electron chi connectivity index (χ2n) is 3.17. The molecule has 1 nitrogen and oxygen atoms in total. The number of allylic oxidation sites excluding steroid dienone is 2. The molecule has 0 bridgehead atoms. The van der Waals surface area contributed by atoms with Crippen molar-refractivity contribution in [2.45, 2.75) is 39.0 Å². The van der Waals surface area contributed by atoms with Crippen LogP contribution in [0.2, 0.25) is 0 Å². The Morgan fingerprint density at radius 3 is 3.00 bits per heavy atom. The van der Waals surface area contributed by atoms with Gasteiger partial charge in [-0.25, -0.2) is 0 Å². The quantitative estimate of drug-likeness (QED) is 0.548. The van der Waals surface area contributed by atoms with Gasteiger partial charge in [-0.15, -0.1) is 0 Å². The minimum atomic E-state index is 0.403. The molecule has 58 valence electrons. The molecule has 1 rings (SSSR count). The molecular formula is C9H16O. The van der Waals surface area contributed by atoms with Gasteiger partial charge in [0.15, 0.2) is 0 Å². The first-order valence-corrected chi connectivity index (χ1v) is 4.19. The molecule has 1 aliphatic rings. The highest BCUT2D eigenvalue weighted by atomic mass is 16.3. The number of hydrogen-bond acceptors (Lipinski definition) is 1. The predicted octanol–water partition coefficient (Wildman–Crippen LogP) is 3.03. The van der Waals surface area contributed by atoms with Gasteiger partial charge < -0.3 is 5.11 Å². The molecule has 1 heteroatoms. The van der Waals surface area contributed by atoms with Crippen molar-refractivity contribution in [3.05, 3.63) is 11.8 Å². The third kappa shape index (κ3) is 2.05. The largest absolute Gasteiger partial charge is 0.512 e. The van der Waals surface area contributed by atoms with E-state index in [2.05, 4.69) is 6.92 Å². The molecule has 0 radical (unpaired) electrons. The molecule has 0 fully saturated rings. The van der Waals surface area contributed by atoms with E-state index in [9.17, 15) is 5.11 Å². The Hall–Kier alpha value is -0.460. The molecule has 0 amide bonds. The van der Waals surface area contributed by atoms with Crippen LogP contribution in [-0.4, -0.2) is 5.11 Å². The molecule has 1 aliphatic carbocycles. The summed E-state index contributed by atoms with van der Waals surface area (Å²) >= 11 is 0. The summed E-state index contributed by atoms with van der Waals surface area (Å²) in [6, 6.07) is 0. The zero-order valence-corrected chi connectivity index (χ0v) is 6.64. The van der Waals surface area contributed by atoms with Crippen LogP contribution in [-0.2, 0) is 0 Å². The lowest BCUT2D eigenvalue weighted by molar-refractivity contribution is 0.318. The first-order valence-electron chi connectivity index (χ1n) is 4.19. The Labute approximate surface area is 62.8 Å². The van der Waals surface area contributed by atoms with Gasteiger partial charge >= 0.3 is 0 Å². The normalized spacial score (nSPS) is 33.7. The lowest BCUT2D eigenvalue weighted by Gasteiger charge is -2.12. The Balaban J connectivity index is 2.48. The highest BCUT2D eigenvalue weighted by Gasteiger charge is 2.08. The van der Waals surface area contributed by atoms with Gasteiger partial charge in [-0.1, -0.05) is 19.8 Å². The zero-order chi connectivity index (χ0) is 7.40. The minimum absolute atomic E-state index is 0.403. The van der Waals surface area contributed by atoms with E-state index in [0.29, 0.717) is 11.7 Å². The fourth-order valence-corrected chi connectivity index (χ4v) is 1.37. The van der Waals surface area contributed by atoms with Gasteiger partial charge in [0.05, 0.1) is 5.76 Å². The Kier molecular flexibility index (Phi) is 2.79. The second-order valence-corrected chi connectivity index (χ2v) is 3.17. The smallest absolute Gasteiger partial charge is 0.0910 e. The predicted molar refractivity (Wildman–Crippen MR) is 43.0 cm³/mol. The highest BCUT2D eigenvalue weighted by Crippen LogP contribution is 2.20. The first-order chi connectivity index (χ1) is 4.80. The van der Waals surface area contributed by atoms with Gasteiger partial charge in [0.2, 0.25) is 0 Å². The molecule has 0 aromatic rings. The number of aliphatic hydroxyl groups excluding tert-OH is 1. The Morgan fingerprint density at radius 1 is 1.40 bits per heavy atom. The fraction of sp³-hybridized carbons (Fsp3) is 0.778. The molecule has 0 aliphatic heterocycles. The van der Waals surface area contributed by atoms with Crippen molar-refractivity contribution in [2.24, 2.45) is 5.92 Å². The second kappa shape index (κ2) is 3.65. The summed E-state index contributed by atoms with van der Waals surface area (Å²) in [6.45, 7) is 2.09. The Bertz CT molecular complexity index is 127. The monoisotopic (exact) mass is 140 g/mol. The highest BCUT2D eigenvalue weighted by molar-refractivity contribution is 4.96. The van der Waals surface area contributed by atoms with Crippen LogP contribution in [0.15, 0.2) is 11.8 Å². The maximum absolute atomic E-state index is 9.34. The van der Waals surface area contributed by atoms with Gasteiger partial charge in [-0.05, 0) is 25.3 Å². The zero-order valence-electron chi connectivity index (χ0n) is 6.64. The van der Waals surface area contributed by atoms with Crippen LogP contribution in [0, 0.1) is 5.92 Å². The van der Waals surface area contributed by atoms with E-state index in [1.54, 1.807) is 0 Å². The molecule has 1 atom stereocenters. The average molecular weight is 140 g/mol. The van der Waals surface area contributed by atoms with Crippen molar-refractivity contribution in [1.82, 2.24) is 0 Å². The summed E-state index contributed by atoms with van der Waals surface area (Å²) in [4.78, 5) is 0. The van der Waals surface area contributed by atoms with Crippen LogP contribution in [0.3, 0.4) is 0 Å². The molecule has 0 aromatic carbocycles. The van der Waals surface area contributed by atoms with Crippen molar-refractivity contribution in [2.75, 3.05) is 0 Å². The number of aliphatic hydroxyl groups is 1. The third-order valence-electron chi connectivity index (χ3n) is 2.20. The fourth-order valence-electron chi connectivity index (χ4n) is 1.37. The third-order valence-corrected chi connectivity index (χ3v) is 2.20. The van der Waals surface area contributed by atoms with Crippen molar-refractivity contribution in [3.63, 3.8) is 0 Å². The van der Waals surface area contributed by atoms with Crippen LogP contribution >= 0.6 is 0 Å². The van der Waals surface area contributed by atoms with Crippen LogP contribution in [0.4, 0.5) is 0 Å². The molecule has 10 heavy (non-hydrogen) atoms. The van der Waals surface area contributed by atoms with E-state index in [4.69, 9.17) is 0 Å². The van der Waals surface area contributed by atoms with E-state index < -0.39 is 0 Å². The maximum atomic E-state index is 9.34. The van der Waals surface area contributed by atoms with Gasteiger partial charge in [-0.3, -0.25) is 0 Å². The molecule has 0 saturated carbocycles. The minimum Gasteiger partial charge on any atom is -0.512 e. The molecule has 0 aromatic heterocycles. The summed E-state index contributed by atoms with van der Waals surface area (Å²) in [5, 5.41) is 9.34. The molecular weight excluding hydrogens is 124 g/mol. The van der Waals surface area contributed by atoms with Crippen molar-refractivity contribution in [1.29, 1.82) is 0 Å². The molecule has 1 N–H and O–H groups in total. The Morgan fingerprint density at radius 2 is 2.20 bits per heavy atom. The van der Waals surface area contributed by atoms with E-state index in [1.807, 2.05) is 6.08 Å². The van der Waals surface area contributed by atoms with Crippen LogP contribution in [0.5, 0.6) is 0 Å². The maximum Gasteiger partial charge on any atom is 0.0910 e. The summed E-state index contributed by atoms with van der Waals surface area (Å²) in [6.07, 6.45) is 8.05. The van der Waals surface area contributed by atoms with E-state index in [1.165, 1.54) is 19.3 Å². The summed E-state index contributed by atoms with van der Waals surface area (Å²) in [5.41, 5.74) is 0. The van der Waals surface area contributed by atoms with Crippen LogP contribution in [0.1, 0.15) is 39.0 Å². The molecule has 0 saturated heterocycles. The van der Waals surface area contributed by atoms with Crippen molar-refractivity contribution >= 4 is 0 Å². The van der Waals surface area contributed by atoms with Crippen LogP contribution < -0.4 is 0 Å². The molecule has 0 spiro atoms. The van der Waals surface area contributed by atoms with Gasteiger partial charge in [0.25, 0.3) is 0 Å². The standard InChI is InChI=1S/C9H16O/c1-8-6-4-2-3-5-7-9(8)10/h7-8,10H,2-6H2,1H3/b9-7+/t8-/m1/s1. The van der Waals surface area contributed by atoms with Gasteiger partial charge in [0.1, 0.15) is 0 Å². The van der Waals surface area contributed by atoms with E-state index in [0.717, 1.165) is 12.8 Å². The lowest BCUT2D eigenvalue weighted by atomic mass is 9.97. The molecule has 0 heterocycles. The number of hydrogen-bond donors (Lipinski definition) is 1. The van der Waals surface area contributed by atoms with Crippen molar-refractivity contribution in [3.8, 4) is 0 Å². The summed E-state index contributed by atoms with van der Waals surface area (Å²) < 4.78 is 0. The average Bonchev–Trinajstić information content (AvgIpc) is 1.92. The topological polar surface area (TPSA) is 20.2 Å². The first kappa shape index (κ1) is 7.64. The van der Waals surface area contributed by atoms with Crippen LogP contribution in [0.25, 0.3) is 0 Å². The molecule has 0 unspecified atom stereocenters. The van der Waals surface area contributed by atoms with E-state index >= 15 is 0 Å².